The second-order valence-electron chi connectivity index (χ2n) is 8.73. The largest absolute Gasteiger partial charge is 0.495 e. The number of fused-ring (bicyclic) bond motifs is 1. The SMILES string of the molecule is CCN1CCc2c(-c3cncc(OC)c3)nn(-c3cc(N4CCCC4)ccc3C(F)(F)F)c(=O)c21. The number of benzene rings is 1. The Morgan fingerprint density at radius 2 is 1.86 bits per heavy atom. The number of ether oxygens (including phenoxy) is 1. The number of methoxy groups -OCH3 is 1. The van der Waals surface area contributed by atoms with Gasteiger partial charge in [0, 0.05) is 49.2 Å². The lowest BCUT2D eigenvalue weighted by Crippen LogP contribution is -2.32. The van der Waals surface area contributed by atoms with Gasteiger partial charge in [-0.1, -0.05) is 0 Å². The summed E-state index contributed by atoms with van der Waals surface area (Å²) in [4.78, 5) is 21.8. The molecule has 2 aliphatic rings. The molecule has 4 heterocycles. The van der Waals surface area contributed by atoms with Crippen molar-refractivity contribution in [2.45, 2.75) is 32.4 Å². The van der Waals surface area contributed by atoms with E-state index in [2.05, 4.69) is 10.1 Å². The van der Waals surface area contributed by atoms with Crippen LogP contribution in [-0.2, 0) is 12.6 Å². The van der Waals surface area contributed by atoms with Gasteiger partial charge in [-0.2, -0.15) is 23.0 Å². The van der Waals surface area contributed by atoms with Gasteiger partial charge in [-0.25, -0.2) is 0 Å². The van der Waals surface area contributed by atoms with Crippen LogP contribution in [0.2, 0.25) is 0 Å². The van der Waals surface area contributed by atoms with Crippen LogP contribution in [0.5, 0.6) is 5.75 Å². The van der Waals surface area contributed by atoms with E-state index in [1.165, 1.54) is 19.2 Å². The average Bonchev–Trinajstić information content (AvgIpc) is 3.54. The predicted octanol–water partition coefficient (Wildman–Crippen LogP) is 4.30. The Morgan fingerprint density at radius 3 is 2.54 bits per heavy atom. The van der Waals surface area contributed by atoms with Crippen LogP contribution >= 0.6 is 0 Å². The summed E-state index contributed by atoms with van der Waals surface area (Å²) in [6.07, 6.45) is 0.997. The first-order valence-electron chi connectivity index (χ1n) is 11.7. The average molecular weight is 486 g/mol. The van der Waals surface area contributed by atoms with Crippen LogP contribution in [0.3, 0.4) is 0 Å². The molecular weight excluding hydrogens is 459 g/mol. The van der Waals surface area contributed by atoms with E-state index >= 15 is 0 Å². The topological polar surface area (TPSA) is 63.5 Å². The minimum absolute atomic E-state index is 0.269. The Labute approximate surface area is 200 Å². The lowest BCUT2D eigenvalue weighted by molar-refractivity contribution is -0.137. The number of anilines is 2. The summed E-state index contributed by atoms with van der Waals surface area (Å²) in [6, 6.07) is 5.69. The third-order valence-corrected chi connectivity index (χ3v) is 6.70. The molecule has 1 aromatic carbocycles. The first-order chi connectivity index (χ1) is 16.8. The smallest absolute Gasteiger partial charge is 0.418 e. The lowest BCUT2D eigenvalue weighted by Gasteiger charge is -2.23. The van der Waals surface area contributed by atoms with E-state index in [9.17, 15) is 18.0 Å². The summed E-state index contributed by atoms with van der Waals surface area (Å²) in [5, 5.41) is 4.53. The molecule has 0 aliphatic carbocycles. The minimum Gasteiger partial charge on any atom is -0.495 e. The molecule has 0 N–H and O–H groups in total. The number of halogens is 3. The number of pyridine rings is 1. The molecule has 0 atom stereocenters. The molecular formula is C25H26F3N5O2. The van der Waals surface area contributed by atoms with Crippen molar-refractivity contribution < 1.29 is 17.9 Å². The van der Waals surface area contributed by atoms with Gasteiger partial charge in [0.2, 0.25) is 0 Å². The van der Waals surface area contributed by atoms with Gasteiger partial charge >= 0.3 is 6.18 Å². The summed E-state index contributed by atoms with van der Waals surface area (Å²) in [6.45, 7) is 4.60. The van der Waals surface area contributed by atoms with Gasteiger partial charge < -0.3 is 14.5 Å². The summed E-state index contributed by atoms with van der Waals surface area (Å²) in [7, 11) is 1.51. The Kier molecular flexibility index (Phi) is 5.90. The van der Waals surface area contributed by atoms with E-state index < -0.39 is 17.3 Å². The Balaban J connectivity index is 1.79. The highest BCUT2D eigenvalue weighted by Gasteiger charge is 2.36. The van der Waals surface area contributed by atoms with E-state index in [0.29, 0.717) is 53.5 Å². The molecule has 0 spiro atoms. The summed E-state index contributed by atoms with van der Waals surface area (Å²) in [5.41, 5.74) is 1.05. The van der Waals surface area contributed by atoms with Crippen molar-refractivity contribution in [1.29, 1.82) is 0 Å². The zero-order valence-electron chi connectivity index (χ0n) is 19.6. The highest BCUT2D eigenvalue weighted by molar-refractivity contribution is 5.73. The Morgan fingerprint density at radius 1 is 1.09 bits per heavy atom. The molecule has 0 bridgehead atoms. The van der Waals surface area contributed by atoms with Crippen molar-refractivity contribution in [1.82, 2.24) is 14.8 Å². The highest BCUT2D eigenvalue weighted by atomic mass is 19.4. The third kappa shape index (κ3) is 4.11. The number of nitrogens with zero attached hydrogens (tertiary/aromatic N) is 5. The number of likely N-dealkylation sites (N-methyl/N-ethyl adjacent to an activating group) is 1. The maximum atomic E-state index is 14.1. The molecule has 3 aromatic rings. The predicted molar refractivity (Wildman–Crippen MR) is 128 cm³/mol. The van der Waals surface area contributed by atoms with E-state index in [4.69, 9.17) is 4.74 Å². The fraction of sp³-hybridized carbons (Fsp3) is 0.400. The number of hydrogen-bond donors (Lipinski definition) is 0. The van der Waals surface area contributed by atoms with Gasteiger partial charge in [0.1, 0.15) is 11.4 Å². The van der Waals surface area contributed by atoms with E-state index in [0.717, 1.165) is 36.7 Å². The van der Waals surface area contributed by atoms with Gasteiger partial charge in [0.25, 0.3) is 5.56 Å². The van der Waals surface area contributed by atoms with Crippen molar-refractivity contribution >= 4 is 11.4 Å². The first kappa shape index (κ1) is 23.2. The van der Waals surface area contributed by atoms with Crippen molar-refractivity contribution in [2.75, 3.05) is 43.1 Å². The van der Waals surface area contributed by atoms with Crippen molar-refractivity contribution in [3.05, 3.63) is 58.1 Å². The molecule has 5 rings (SSSR count). The van der Waals surface area contributed by atoms with Crippen LogP contribution in [0.1, 0.15) is 30.9 Å². The van der Waals surface area contributed by atoms with Crippen LogP contribution in [-0.4, -0.2) is 48.1 Å². The van der Waals surface area contributed by atoms with Gasteiger partial charge in [-0.15, -0.1) is 0 Å². The summed E-state index contributed by atoms with van der Waals surface area (Å²) >= 11 is 0. The Hall–Kier alpha value is -3.56. The molecule has 1 saturated heterocycles. The number of aromatic nitrogens is 3. The molecule has 0 saturated carbocycles. The van der Waals surface area contributed by atoms with Gasteiger partial charge in [0.15, 0.2) is 0 Å². The number of alkyl halides is 3. The maximum absolute atomic E-state index is 14.1. The standard InChI is InChI=1S/C25H26F3N5O2/c1-3-31-11-8-19-22(16-12-18(35-2)15-29-14-16)30-33(24(34)23(19)31)21-13-17(32-9-4-5-10-32)6-7-20(21)25(26,27)28/h6-7,12-15H,3-5,8-11H2,1-2H3. The lowest BCUT2D eigenvalue weighted by atomic mass is 10.1. The van der Waals surface area contributed by atoms with Crippen LogP contribution in [0, 0.1) is 0 Å². The number of rotatable bonds is 5. The first-order valence-corrected chi connectivity index (χ1v) is 11.7. The van der Waals surface area contributed by atoms with Crippen LogP contribution in [0.25, 0.3) is 16.9 Å². The highest BCUT2D eigenvalue weighted by Crippen LogP contribution is 2.38. The monoisotopic (exact) mass is 485 g/mol. The normalized spacial score (nSPS) is 15.6. The van der Waals surface area contributed by atoms with E-state index in [1.54, 1.807) is 18.5 Å². The molecule has 0 amide bonds. The molecule has 7 nitrogen and oxygen atoms in total. The van der Waals surface area contributed by atoms with E-state index in [1.807, 2.05) is 16.7 Å². The number of hydrogen-bond acceptors (Lipinski definition) is 6. The second kappa shape index (κ2) is 8.90. The van der Waals surface area contributed by atoms with Gasteiger partial charge in [-0.05, 0) is 50.5 Å². The van der Waals surface area contributed by atoms with Crippen molar-refractivity contribution in [2.24, 2.45) is 0 Å². The zero-order chi connectivity index (χ0) is 24.7. The molecule has 1 fully saturated rings. The van der Waals surface area contributed by atoms with Crippen LogP contribution < -0.4 is 20.1 Å². The summed E-state index contributed by atoms with van der Waals surface area (Å²) in [5.74, 6) is 0.494. The molecule has 10 heteroatoms. The molecule has 0 unspecified atom stereocenters. The van der Waals surface area contributed by atoms with Crippen LogP contribution in [0.4, 0.5) is 24.5 Å². The van der Waals surface area contributed by atoms with E-state index in [-0.39, 0.29) is 5.69 Å². The maximum Gasteiger partial charge on any atom is 0.418 e. The quantitative estimate of drug-likeness (QED) is 0.537. The van der Waals surface area contributed by atoms with Crippen molar-refractivity contribution in [3.8, 4) is 22.7 Å². The minimum atomic E-state index is -4.65. The molecule has 184 valence electrons. The Bertz CT molecular complexity index is 1320. The van der Waals surface area contributed by atoms with Crippen LogP contribution in [0.15, 0.2) is 41.5 Å². The fourth-order valence-corrected chi connectivity index (χ4v) is 4.95. The van der Waals surface area contributed by atoms with Gasteiger partial charge in [-0.3, -0.25) is 9.78 Å². The second-order valence-corrected chi connectivity index (χ2v) is 8.73. The third-order valence-electron chi connectivity index (χ3n) is 6.70. The zero-order valence-corrected chi connectivity index (χ0v) is 19.6. The fourth-order valence-electron chi connectivity index (χ4n) is 4.95. The molecule has 0 radical (unpaired) electrons. The van der Waals surface area contributed by atoms with Crippen molar-refractivity contribution in [3.63, 3.8) is 0 Å². The molecule has 2 aromatic heterocycles. The molecule has 35 heavy (non-hydrogen) atoms. The summed E-state index contributed by atoms with van der Waals surface area (Å²) < 4.78 is 48.6. The molecule has 2 aliphatic heterocycles. The van der Waals surface area contributed by atoms with Gasteiger partial charge in [0.05, 0.1) is 30.3 Å².